The number of carbonyl (C=O) groups is 1. The van der Waals surface area contributed by atoms with Crippen molar-refractivity contribution in [3.05, 3.63) is 6.92 Å². The van der Waals surface area contributed by atoms with Crippen LogP contribution in [-0.4, -0.2) is 27.4 Å². The van der Waals surface area contributed by atoms with Crippen LogP contribution in [0.1, 0.15) is 6.42 Å². The fourth-order valence-electron chi connectivity index (χ4n) is 0. The molecule has 65 valence electrons. The Morgan fingerprint density at radius 3 is 1.20 bits per heavy atom. The molecule has 0 unspecified atom stereocenters. The minimum atomic E-state index is 0.389. The highest BCUT2D eigenvalue weighted by Crippen LogP contribution is 1.51. The molecule has 0 rings (SSSR count). The molecular formula is C6H20N3O. The summed E-state index contributed by atoms with van der Waals surface area (Å²) in [6.45, 7) is 3.24. The van der Waals surface area contributed by atoms with Crippen LogP contribution in [0, 0.1) is 6.92 Å². The zero-order valence-corrected chi connectivity index (χ0v) is 7.13. The SMILES string of the molecule is CN.CN.CN.[CH2]CC=O. The first-order valence-electron chi connectivity index (χ1n) is 2.88. The topological polar surface area (TPSA) is 95.1 Å². The van der Waals surface area contributed by atoms with Crippen LogP contribution >= 0.6 is 0 Å². The van der Waals surface area contributed by atoms with Gasteiger partial charge < -0.3 is 22.0 Å². The normalized spacial score (nSPS) is 4.30. The number of aldehydes is 1. The van der Waals surface area contributed by atoms with Crippen molar-refractivity contribution in [1.82, 2.24) is 0 Å². The first kappa shape index (κ1) is 22.7. The lowest BCUT2D eigenvalue weighted by atomic mass is 10.6. The fourth-order valence-corrected chi connectivity index (χ4v) is 0. The van der Waals surface area contributed by atoms with Gasteiger partial charge in [0.15, 0.2) is 0 Å². The Kier molecular flexibility index (Phi) is 460. The second-order valence-electron chi connectivity index (χ2n) is 0.455. The fraction of sp³-hybridized carbons (Fsp3) is 0.667. The quantitative estimate of drug-likeness (QED) is 0.424. The Morgan fingerprint density at radius 1 is 1.10 bits per heavy atom. The minimum absolute atomic E-state index is 0.389. The molecule has 1 radical (unpaired) electrons. The third-order valence-corrected chi connectivity index (χ3v) is 0.118. The molecule has 0 aromatic rings. The Morgan fingerprint density at radius 2 is 1.20 bits per heavy atom. The van der Waals surface area contributed by atoms with E-state index in [-0.39, 0.29) is 0 Å². The first-order chi connectivity index (χ1) is 4.91. The lowest BCUT2D eigenvalue weighted by Crippen LogP contribution is -1.69. The van der Waals surface area contributed by atoms with E-state index in [0.29, 0.717) is 6.42 Å². The van der Waals surface area contributed by atoms with Gasteiger partial charge in [-0.25, -0.2) is 0 Å². The molecule has 0 fully saturated rings. The summed E-state index contributed by atoms with van der Waals surface area (Å²) < 4.78 is 0. The van der Waals surface area contributed by atoms with Gasteiger partial charge >= 0.3 is 0 Å². The van der Waals surface area contributed by atoms with Crippen molar-refractivity contribution < 1.29 is 4.79 Å². The van der Waals surface area contributed by atoms with Crippen molar-refractivity contribution >= 4 is 6.29 Å². The van der Waals surface area contributed by atoms with Gasteiger partial charge in [0.2, 0.25) is 0 Å². The van der Waals surface area contributed by atoms with E-state index in [1.165, 1.54) is 21.1 Å². The van der Waals surface area contributed by atoms with Gasteiger partial charge in [-0.1, -0.05) is 0 Å². The standard InChI is InChI=1S/C3H5O.3CH5N/c1-2-3-4;3*1-2/h3H,1-2H2;3*2H2,1H3. The zero-order valence-electron chi connectivity index (χ0n) is 7.13. The summed E-state index contributed by atoms with van der Waals surface area (Å²) >= 11 is 0. The molecule has 0 spiro atoms. The molecule has 0 heterocycles. The van der Waals surface area contributed by atoms with Crippen LogP contribution in [0.2, 0.25) is 0 Å². The minimum Gasteiger partial charge on any atom is -0.333 e. The van der Waals surface area contributed by atoms with Crippen molar-refractivity contribution in [2.24, 2.45) is 17.2 Å². The van der Waals surface area contributed by atoms with E-state index in [1.54, 1.807) is 0 Å². The van der Waals surface area contributed by atoms with E-state index in [0.717, 1.165) is 6.29 Å². The molecule has 0 atom stereocenters. The maximum Gasteiger partial charge on any atom is 0.119 e. The van der Waals surface area contributed by atoms with E-state index in [1.807, 2.05) is 0 Å². The van der Waals surface area contributed by atoms with Crippen molar-refractivity contribution in [3.63, 3.8) is 0 Å². The van der Waals surface area contributed by atoms with E-state index in [4.69, 9.17) is 4.79 Å². The molecule has 0 saturated carbocycles. The number of rotatable bonds is 1. The molecule has 0 aliphatic rings. The lowest BCUT2D eigenvalue weighted by molar-refractivity contribution is -0.107. The van der Waals surface area contributed by atoms with Gasteiger partial charge in [0.1, 0.15) is 6.29 Å². The molecule has 0 bridgehead atoms. The second-order valence-corrected chi connectivity index (χ2v) is 0.455. The van der Waals surface area contributed by atoms with Crippen molar-refractivity contribution in [2.45, 2.75) is 6.42 Å². The molecule has 10 heavy (non-hydrogen) atoms. The van der Waals surface area contributed by atoms with Crippen LogP contribution in [0.3, 0.4) is 0 Å². The monoisotopic (exact) mass is 150 g/mol. The predicted molar refractivity (Wildman–Crippen MR) is 46.4 cm³/mol. The Bertz CT molecular complexity index is 27.0. The first-order valence-corrected chi connectivity index (χ1v) is 2.88. The Hall–Kier alpha value is -0.450. The summed E-state index contributed by atoms with van der Waals surface area (Å²) in [7, 11) is 4.50. The zero-order chi connectivity index (χ0) is 9.41. The second kappa shape index (κ2) is 203. The molecule has 6 N–H and O–H groups in total. The summed E-state index contributed by atoms with van der Waals surface area (Å²) in [5.41, 5.74) is 13.5. The van der Waals surface area contributed by atoms with Gasteiger partial charge in [-0.2, -0.15) is 0 Å². The molecular weight excluding hydrogens is 130 g/mol. The van der Waals surface area contributed by atoms with Crippen LogP contribution in [0.25, 0.3) is 0 Å². The average Bonchev–Trinajstić information content (AvgIpc) is 2.14. The molecule has 4 heteroatoms. The lowest BCUT2D eigenvalue weighted by Gasteiger charge is -1.51. The van der Waals surface area contributed by atoms with E-state index >= 15 is 0 Å². The average molecular weight is 150 g/mol. The third-order valence-electron chi connectivity index (χ3n) is 0.118. The summed E-state index contributed by atoms with van der Waals surface area (Å²) in [6, 6.07) is 0. The van der Waals surface area contributed by atoms with Crippen LogP contribution in [0.15, 0.2) is 0 Å². The van der Waals surface area contributed by atoms with E-state index < -0.39 is 0 Å². The highest BCUT2D eigenvalue weighted by Gasteiger charge is 1.53. The molecule has 0 aliphatic carbocycles. The maximum atomic E-state index is 9.11. The Balaban J connectivity index is -0.0000000262. The summed E-state index contributed by atoms with van der Waals surface area (Å²) in [6.07, 6.45) is 1.15. The van der Waals surface area contributed by atoms with Crippen LogP contribution in [0.4, 0.5) is 0 Å². The van der Waals surface area contributed by atoms with Gasteiger partial charge in [0, 0.05) is 6.42 Å². The summed E-state index contributed by atoms with van der Waals surface area (Å²) in [4.78, 5) is 9.11. The molecule has 0 aromatic heterocycles. The van der Waals surface area contributed by atoms with Gasteiger partial charge in [-0.3, -0.25) is 0 Å². The van der Waals surface area contributed by atoms with E-state index in [9.17, 15) is 0 Å². The summed E-state index contributed by atoms with van der Waals surface area (Å²) in [5.74, 6) is 0. The largest absolute Gasteiger partial charge is 0.333 e. The molecule has 0 saturated heterocycles. The smallest absolute Gasteiger partial charge is 0.119 e. The Labute approximate surface area is 63.8 Å². The van der Waals surface area contributed by atoms with Gasteiger partial charge in [-0.05, 0) is 28.1 Å². The number of nitrogens with two attached hydrogens (primary N) is 3. The van der Waals surface area contributed by atoms with Gasteiger partial charge in [-0.15, -0.1) is 0 Å². The van der Waals surface area contributed by atoms with Crippen molar-refractivity contribution in [3.8, 4) is 0 Å². The molecule has 4 nitrogen and oxygen atoms in total. The van der Waals surface area contributed by atoms with Crippen LogP contribution in [-0.2, 0) is 4.79 Å². The highest BCUT2D eigenvalue weighted by atomic mass is 16.1. The molecule has 0 amide bonds. The third kappa shape index (κ3) is 1070. The van der Waals surface area contributed by atoms with Crippen LogP contribution < -0.4 is 17.2 Å². The number of hydrogen-bond acceptors (Lipinski definition) is 4. The maximum absolute atomic E-state index is 9.11. The van der Waals surface area contributed by atoms with Crippen molar-refractivity contribution in [2.75, 3.05) is 21.1 Å². The van der Waals surface area contributed by atoms with Crippen LogP contribution in [0.5, 0.6) is 0 Å². The van der Waals surface area contributed by atoms with Gasteiger partial charge in [0.05, 0.1) is 0 Å². The molecule has 0 aromatic carbocycles. The predicted octanol–water partition coefficient (Wildman–Crippen LogP) is -0.866. The highest BCUT2D eigenvalue weighted by molar-refractivity contribution is 5.49. The number of carbonyl (C=O) groups excluding carboxylic acids is 1. The van der Waals surface area contributed by atoms with Gasteiger partial charge in [0.25, 0.3) is 0 Å². The summed E-state index contributed by atoms with van der Waals surface area (Å²) in [5, 5.41) is 0. The number of hydrogen-bond donors (Lipinski definition) is 3. The van der Waals surface area contributed by atoms with E-state index in [2.05, 4.69) is 24.1 Å². The van der Waals surface area contributed by atoms with Crippen molar-refractivity contribution in [1.29, 1.82) is 0 Å². The molecule has 0 aliphatic heterocycles.